The van der Waals surface area contributed by atoms with Crippen molar-refractivity contribution in [1.82, 2.24) is 10.4 Å². The van der Waals surface area contributed by atoms with Gasteiger partial charge in [0.1, 0.15) is 6.61 Å². The molecule has 2 rings (SSSR count). The molecule has 22 heavy (non-hydrogen) atoms. The first kappa shape index (κ1) is 17.7. The SMILES string of the molecule is CNc1cccc(Cl)c1COc1cccc(F)n1.NNC=O. The predicted molar refractivity (Wildman–Crippen MR) is 82.9 cm³/mol. The molecule has 0 aliphatic carbocycles. The van der Waals surface area contributed by atoms with E-state index < -0.39 is 5.95 Å². The molecule has 1 aromatic heterocycles. The smallest absolute Gasteiger partial charge is 0.221 e. The van der Waals surface area contributed by atoms with Crippen molar-refractivity contribution < 1.29 is 13.9 Å². The van der Waals surface area contributed by atoms with E-state index in [1.807, 2.05) is 12.1 Å². The second-order valence-electron chi connectivity index (χ2n) is 3.89. The fourth-order valence-corrected chi connectivity index (χ4v) is 1.78. The lowest BCUT2D eigenvalue weighted by Gasteiger charge is -2.11. The van der Waals surface area contributed by atoms with Gasteiger partial charge in [0.05, 0.1) is 0 Å². The number of anilines is 1. The molecule has 0 fully saturated rings. The summed E-state index contributed by atoms with van der Waals surface area (Å²) in [4.78, 5) is 12.6. The van der Waals surface area contributed by atoms with Crippen molar-refractivity contribution in [3.63, 3.8) is 0 Å². The molecule has 0 bridgehead atoms. The lowest BCUT2D eigenvalue weighted by atomic mass is 10.2. The standard InChI is InChI=1S/C13H12ClFN2O.CH4N2O/c1-16-11-5-2-4-10(14)9(11)8-18-13-7-3-6-12(15)17-13;2-3-1-4/h2-7,16H,8H2,1H3;1H,2H2,(H,3,4). The lowest BCUT2D eigenvalue weighted by molar-refractivity contribution is -0.109. The highest BCUT2D eigenvalue weighted by molar-refractivity contribution is 6.31. The van der Waals surface area contributed by atoms with Crippen LogP contribution in [0, 0.1) is 5.95 Å². The van der Waals surface area contributed by atoms with Gasteiger partial charge in [0.2, 0.25) is 18.2 Å². The Bertz CT molecular complexity index is 613. The minimum Gasteiger partial charge on any atom is -0.473 e. The van der Waals surface area contributed by atoms with Crippen LogP contribution in [0.15, 0.2) is 36.4 Å². The quantitative estimate of drug-likeness (QED) is 0.257. The average Bonchev–Trinajstić information content (AvgIpc) is 2.53. The molecule has 0 unspecified atom stereocenters. The third-order valence-corrected chi connectivity index (χ3v) is 2.86. The van der Waals surface area contributed by atoms with Gasteiger partial charge in [0.15, 0.2) is 0 Å². The number of benzene rings is 1. The van der Waals surface area contributed by atoms with Crippen LogP contribution in [0.25, 0.3) is 0 Å². The molecule has 0 saturated heterocycles. The van der Waals surface area contributed by atoms with E-state index in [4.69, 9.17) is 21.1 Å². The molecule has 0 aliphatic heterocycles. The summed E-state index contributed by atoms with van der Waals surface area (Å²) in [6.07, 6.45) is 0.403. The first-order valence-electron chi connectivity index (χ1n) is 6.22. The Morgan fingerprint density at radius 2 is 2.05 bits per heavy atom. The zero-order valence-corrected chi connectivity index (χ0v) is 12.6. The summed E-state index contributed by atoms with van der Waals surface area (Å²) in [5.74, 6) is 4.07. The van der Waals surface area contributed by atoms with Gasteiger partial charge in [-0.25, -0.2) is 5.84 Å². The average molecular weight is 327 g/mol. The van der Waals surface area contributed by atoms with Crippen molar-refractivity contribution in [2.24, 2.45) is 5.84 Å². The highest BCUT2D eigenvalue weighted by atomic mass is 35.5. The number of hydrazine groups is 1. The fraction of sp³-hybridized carbons (Fsp3) is 0.143. The van der Waals surface area contributed by atoms with E-state index in [1.165, 1.54) is 6.07 Å². The monoisotopic (exact) mass is 326 g/mol. The van der Waals surface area contributed by atoms with E-state index in [9.17, 15) is 4.39 Å². The third kappa shape index (κ3) is 5.55. The summed E-state index contributed by atoms with van der Waals surface area (Å²) in [7, 11) is 1.80. The first-order valence-corrected chi connectivity index (χ1v) is 6.60. The van der Waals surface area contributed by atoms with Crippen LogP contribution in [0.3, 0.4) is 0 Å². The van der Waals surface area contributed by atoms with Gasteiger partial charge >= 0.3 is 0 Å². The van der Waals surface area contributed by atoms with E-state index >= 15 is 0 Å². The van der Waals surface area contributed by atoms with E-state index in [1.54, 1.807) is 30.7 Å². The summed E-state index contributed by atoms with van der Waals surface area (Å²) in [6, 6.07) is 9.92. The highest BCUT2D eigenvalue weighted by Gasteiger charge is 2.07. The lowest BCUT2D eigenvalue weighted by Crippen LogP contribution is -2.18. The molecule has 8 heteroatoms. The number of aromatic nitrogens is 1. The zero-order chi connectivity index (χ0) is 16.4. The number of carbonyl (C=O) groups excluding carboxylic acids is 1. The molecule has 0 spiro atoms. The van der Waals surface area contributed by atoms with Crippen LogP contribution in [0.2, 0.25) is 5.02 Å². The Kier molecular flexibility index (Phi) is 7.66. The van der Waals surface area contributed by atoms with E-state index in [0.29, 0.717) is 11.4 Å². The van der Waals surface area contributed by atoms with Gasteiger partial charge in [-0.1, -0.05) is 23.7 Å². The van der Waals surface area contributed by atoms with Crippen LogP contribution in [0.5, 0.6) is 5.88 Å². The number of pyridine rings is 1. The number of hydrogen-bond acceptors (Lipinski definition) is 5. The topological polar surface area (TPSA) is 89.3 Å². The number of nitrogens with two attached hydrogens (primary N) is 1. The molecule has 0 aliphatic rings. The number of amides is 1. The summed E-state index contributed by atoms with van der Waals surface area (Å²) in [5.41, 5.74) is 3.44. The zero-order valence-electron chi connectivity index (χ0n) is 11.8. The Balaban J connectivity index is 0.000000541. The molecule has 1 amide bonds. The highest BCUT2D eigenvalue weighted by Crippen LogP contribution is 2.25. The molecular weight excluding hydrogens is 311 g/mol. The van der Waals surface area contributed by atoms with Crippen LogP contribution in [0.1, 0.15) is 5.56 Å². The number of carbonyl (C=O) groups is 1. The second kappa shape index (κ2) is 9.54. The Labute approximate surface area is 132 Å². The molecule has 118 valence electrons. The summed E-state index contributed by atoms with van der Waals surface area (Å²) in [6.45, 7) is 0.228. The summed E-state index contributed by atoms with van der Waals surface area (Å²) < 4.78 is 18.3. The van der Waals surface area contributed by atoms with Gasteiger partial charge in [-0.05, 0) is 18.2 Å². The number of nitrogens with one attached hydrogen (secondary N) is 2. The van der Waals surface area contributed by atoms with Crippen LogP contribution in [0.4, 0.5) is 10.1 Å². The fourth-order valence-electron chi connectivity index (χ4n) is 1.56. The van der Waals surface area contributed by atoms with Crippen LogP contribution in [-0.4, -0.2) is 18.4 Å². The second-order valence-corrected chi connectivity index (χ2v) is 4.29. The Morgan fingerprint density at radius 1 is 1.36 bits per heavy atom. The number of ether oxygens (including phenoxy) is 1. The van der Waals surface area contributed by atoms with E-state index in [2.05, 4.69) is 16.1 Å². The van der Waals surface area contributed by atoms with Crippen molar-refractivity contribution in [2.45, 2.75) is 6.61 Å². The molecule has 1 aromatic carbocycles. The normalized spacial score (nSPS) is 9.27. The van der Waals surface area contributed by atoms with Crippen molar-refractivity contribution in [3.05, 3.63) is 52.9 Å². The summed E-state index contributed by atoms with van der Waals surface area (Å²) in [5, 5.41) is 3.62. The van der Waals surface area contributed by atoms with Gasteiger partial charge in [-0.3, -0.25) is 10.2 Å². The number of halogens is 2. The summed E-state index contributed by atoms with van der Waals surface area (Å²) >= 11 is 6.09. The van der Waals surface area contributed by atoms with Gasteiger partial charge in [0.25, 0.3) is 0 Å². The number of rotatable bonds is 5. The molecule has 6 nitrogen and oxygen atoms in total. The molecule has 0 atom stereocenters. The first-order chi connectivity index (χ1) is 10.6. The third-order valence-electron chi connectivity index (χ3n) is 2.51. The van der Waals surface area contributed by atoms with Crippen LogP contribution in [-0.2, 0) is 11.4 Å². The van der Waals surface area contributed by atoms with Crippen molar-refractivity contribution in [1.29, 1.82) is 0 Å². The van der Waals surface area contributed by atoms with Crippen molar-refractivity contribution in [3.8, 4) is 5.88 Å². The number of hydrogen-bond donors (Lipinski definition) is 3. The predicted octanol–water partition coefficient (Wildman–Crippen LogP) is 2.10. The van der Waals surface area contributed by atoms with Crippen molar-refractivity contribution in [2.75, 3.05) is 12.4 Å². The molecule has 0 radical (unpaired) electrons. The molecule has 4 N–H and O–H groups in total. The van der Waals surface area contributed by atoms with Crippen LogP contribution >= 0.6 is 11.6 Å². The molecule has 1 heterocycles. The molecular formula is C14H16ClFN4O2. The van der Waals surface area contributed by atoms with Gasteiger partial charge in [0, 0.05) is 29.4 Å². The van der Waals surface area contributed by atoms with Gasteiger partial charge in [-0.15, -0.1) is 0 Å². The maximum Gasteiger partial charge on any atom is 0.221 e. The van der Waals surface area contributed by atoms with Crippen LogP contribution < -0.4 is 21.3 Å². The van der Waals surface area contributed by atoms with E-state index in [-0.39, 0.29) is 12.5 Å². The number of nitrogens with zero attached hydrogens (tertiary/aromatic N) is 1. The van der Waals surface area contributed by atoms with Gasteiger partial charge < -0.3 is 10.1 Å². The minimum atomic E-state index is -0.569. The molecule has 0 saturated carbocycles. The maximum absolute atomic E-state index is 12.9. The maximum atomic E-state index is 12.9. The minimum absolute atomic E-state index is 0.228. The Morgan fingerprint density at radius 3 is 2.64 bits per heavy atom. The van der Waals surface area contributed by atoms with E-state index in [0.717, 1.165) is 11.3 Å². The van der Waals surface area contributed by atoms with Gasteiger partial charge in [-0.2, -0.15) is 9.37 Å². The largest absolute Gasteiger partial charge is 0.473 e. The molecule has 2 aromatic rings. The Hall–Kier alpha value is -2.38. The van der Waals surface area contributed by atoms with Crippen molar-refractivity contribution >= 4 is 23.7 Å².